The number of aromatic nitrogens is 1. The third-order valence-electron chi connectivity index (χ3n) is 4.72. The molecule has 0 unspecified atom stereocenters. The first-order valence-corrected chi connectivity index (χ1v) is 9.91. The van der Waals surface area contributed by atoms with Crippen LogP contribution in [0.15, 0.2) is 67.0 Å². The highest BCUT2D eigenvalue weighted by atomic mass is 35.5. The summed E-state index contributed by atoms with van der Waals surface area (Å²) >= 11 is 6.31. The van der Waals surface area contributed by atoms with Crippen molar-refractivity contribution in [1.82, 2.24) is 10.3 Å². The number of amides is 1. The number of nitrogens with zero attached hydrogens (tertiary/aromatic N) is 1. The van der Waals surface area contributed by atoms with Crippen molar-refractivity contribution in [3.63, 3.8) is 0 Å². The number of hydrogen-bond acceptors (Lipinski definition) is 4. The van der Waals surface area contributed by atoms with Crippen molar-refractivity contribution in [1.29, 1.82) is 0 Å². The number of rotatable bonds is 7. The molecule has 2 aromatic carbocycles. The van der Waals surface area contributed by atoms with E-state index >= 15 is 0 Å². The third kappa shape index (κ3) is 4.87. The van der Waals surface area contributed by atoms with Crippen LogP contribution in [0.5, 0.6) is 11.5 Å². The molecule has 3 aromatic rings. The van der Waals surface area contributed by atoms with Crippen molar-refractivity contribution < 1.29 is 14.3 Å². The van der Waals surface area contributed by atoms with E-state index in [0.29, 0.717) is 31.0 Å². The van der Waals surface area contributed by atoms with Gasteiger partial charge in [0.05, 0.1) is 19.6 Å². The Labute approximate surface area is 174 Å². The van der Waals surface area contributed by atoms with Crippen LogP contribution >= 0.6 is 11.6 Å². The summed E-state index contributed by atoms with van der Waals surface area (Å²) in [5.74, 6) is 1.52. The van der Waals surface area contributed by atoms with Gasteiger partial charge in [-0.15, -0.1) is 0 Å². The lowest BCUT2D eigenvalue weighted by Crippen LogP contribution is -2.35. The summed E-state index contributed by atoms with van der Waals surface area (Å²) in [5, 5.41) is 3.60. The van der Waals surface area contributed by atoms with Gasteiger partial charge in [-0.05, 0) is 42.0 Å². The summed E-state index contributed by atoms with van der Waals surface area (Å²) in [7, 11) is 0. The zero-order chi connectivity index (χ0) is 20.1. The SMILES string of the molecule is O=C(CCOc1ccccc1)NC[C@@H]1Cc2cc(Cl)cc(-c3ccncc3)c2O1. The number of pyridine rings is 1. The first-order chi connectivity index (χ1) is 14.2. The second kappa shape index (κ2) is 8.97. The maximum Gasteiger partial charge on any atom is 0.223 e. The minimum Gasteiger partial charge on any atom is -0.493 e. The number of ether oxygens (including phenoxy) is 2. The number of benzene rings is 2. The van der Waals surface area contributed by atoms with Crippen molar-refractivity contribution in [2.24, 2.45) is 0 Å². The monoisotopic (exact) mass is 408 g/mol. The molecule has 0 fully saturated rings. The van der Waals surface area contributed by atoms with Crippen LogP contribution in [0.1, 0.15) is 12.0 Å². The molecule has 0 bridgehead atoms. The van der Waals surface area contributed by atoms with Gasteiger partial charge in [-0.25, -0.2) is 0 Å². The Hall–Kier alpha value is -3.05. The van der Waals surface area contributed by atoms with Gasteiger partial charge in [0.15, 0.2) is 0 Å². The zero-order valence-electron chi connectivity index (χ0n) is 15.8. The van der Waals surface area contributed by atoms with E-state index in [1.807, 2.05) is 54.6 Å². The second-order valence-electron chi connectivity index (χ2n) is 6.84. The summed E-state index contributed by atoms with van der Waals surface area (Å²) in [5.41, 5.74) is 3.00. The maximum absolute atomic E-state index is 12.1. The molecule has 1 aromatic heterocycles. The predicted octanol–water partition coefficient (Wildman–Crippen LogP) is 4.29. The van der Waals surface area contributed by atoms with Gasteiger partial charge in [-0.3, -0.25) is 9.78 Å². The Bertz CT molecular complexity index is 980. The van der Waals surface area contributed by atoms with Crippen molar-refractivity contribution in [3.8, 4) is 22.6 Å². The van der Waals surface area contributed by atoms with Gasteiger partial charge in [-0.2, -0.15) is 0 Å². The van der Waals surface area contributed by atoms with Crippen LogP contribution in [0, 0.1) is 0 Å². The zero-order valence-corrected chi connectivity index (χ0v) is 16.6. The Morgan fingerprint density at radius 1 is 1.17 bits per heavy atom. The molecular formula is C23H21ClN2O3. The van der Waals surface area contributed by atoms with Gasteiger partial charge in [0.2, 0.25) is 5.91 Å². The molecule has 0 spiro atoms. The van der Waals surface area contributed by atoms with Crippen LogP contribution in [0.4, 0.5) is 0 Å². The van der Waals surface area contributed by atoms with Crippen molar-refractivity contribution in [2.75, 3.05) is 13.2 Å². The number of carbonyl (C=O) groups excluding carboxylic acids is 1. The number of carbonyl (C=O) groups is 1. The van der Waals surface area contributed by atoms with Gasteiger partial charge >= 0.3 is 0 Å². The lowest BCUT2D eigenvalue weighted by atomic mass is 10.0. The van der Waals surface area contributed by atoms with Gasteiger partial charge in [0.1, 0.15) is 17.6 Å². The van der Waals surface area contributed by atoms with Gasteiger partial charge in [0, 0.05) is 35.0 Å². The topological polar surface area (TPSA) is 60.5 Å². The summed E-state index contributed by atoms with van der Waals surface area (Å²) < 4.78 is 11.7. The number of halogens is 1. The molecule has 6 heteroatoms. The van der Waals surface area contributed by atoms with E-state index in [0.717, 1.165) is 28.2 Å². The molecule has 1 amide bonds. The lowest BCUT2D eigenvalue weighted by Gasteiger charge is -2.14. The highest BCUT2D eigenvalue weighted by Gasteiger charge is 2.27. The maximum atomic E-state index is 12.1. The predicted molar refractivity (Wildman–Crippen MR) is 112 cm³/mol. The van der Waals surface area contributed by atoms with E-state index in [2.05, 4.69) is 10.3 Å². The largest absolute Gasteiger partial charge is 0.493 e. The molecule has 4 rings (SSSR count). The molecule has 1 aliphatic rings. The summed E-state index contributed by atoms with van der Waals surface area (Å²) in [6.07, 6.45) is 4.36. The van der Waals surface area contributed by atoms with Gasteiger partial charge in [-0.1, -0.05) is 29.8 Å². The van der Waals surface area contributed by atoms with Crippen LogP contribution in [0.2, 0.25) is 5.02 Å². The summed E-state index contributed by atoms with van der Waals surface area (Å²) in [6.45, 7) is 0.773. The normalized spacial score (nSPS) is 14.7. The highest BCUT2D eigenvalue weighted by Crippen LogP contribution is 2.40. The third-order valence-corrected chi connectivity index (χ3v) is 4.94. The molecular weight excluding hydrogens is 388 g/mol. The Morgan fingerprint density at radius 2 is 1.97 bits per heavy atom. The minimum atomic E-state index is -0.122. The highest BCUT2D eigenvalue weighted by molar-refractivity contribution is 6.31. The lowest BCUT2D eigenvalue weighted by molar-refractivity contribution is -0.121. The fourth-order valence-electron chi connectivity index (χ4n) is 3.35. The number of nitrogens with one attached hydrogen (secondary N) is 1. The van der Waals surface area contributed by atoms with Crippen LogP contribution in [0.25, 0.3) is 11.1 Å². The number of fused-ring (bicyclic) bond motifs is 1. The quantitative estimate of drug-likeness (QED) is 0.633. The van der Waals surface area contributed by atoms with E-state index in [9.17, 15) is 4.79 Å². The van der Waals surface area contributed by atoms with E-state index in [1.54, 1.807) is 12.4 Å². The Kier molecular flexibility index (Phi) is 5.96. The summed E-state index contributed by atoms with van der Waals surface area (Å²) in [4.78, 5) is 16.2. The van der Waals surface area contributed by atoms with Crippen molar-refractivity contribution >= 4 is 17.5 Å². The smallest absolute Gasteiger partial charge is 0.223 e. The second-order valence-corrected chi connectivity index (χ2v) is 7.27. The molecule has 148 valence electrons. The molecule has 1 atom stereocenters. The first-order valence-electron chi connectivity index (χ1n) is 9.53. The average Bonchev–Trinajstić information content (AvgIpc) is 3.16. The van der Waals surface area contributed by atoms with Crippen LogP contribution in [-0.2, 0) is 11.2 Å². The Balaban J connectivity index is 1.31. The van der Waals surface area contributed by atoms with E-state index in [4.69, 9.17) is 21.1 Å². The van der Waals surface area contributed by atoms with E-state index in [-0.39, 0.29) is 12.0 Å². The van der Waals surface area contributed by atoms with Crippen molar-refractivity contribution in [3.05, 3.63) is 77.6 Å². The molecule has 0 saturated heterocycles. The van der Waals surface area contributed by atoms with Gasteiger partial charge in [0.25, 0.3) is 0 Å². The van der Waals surface area contributed by atoms with Crippen LogP contribution in [-0.4, -0.2) is 30.1 Å². The van der Waals surface area contributed by atoms with Crippen LogP contribution in [0.3, 0.4) is 0 Å². The molecule has 0 aliphatic carbocycles. The molecule has 0 saturated carbocycles. The molecule has 5 nitrogen and oxygen atoms in total. The standard InChI is InChI=1S/C23H21ClN2O3/c24-18-12-17-13-20(29-23(17)21(14-18)16-6-9-25-10-7-16)15-26-22(27)8-11-28-19-4-2-1-3-5-19/h1-7,9-10,12,14,20H,8,11,13,15H2,(H,26,27)/t20-/m0/s1. The molecule has 0 radical (unpaired) electrons. The number of hydrogen-bond donors (Lipinski definition) is 1. The molecule has 29 heavy (non-hydrogen) atoms. The first kappa shape index (κ1) is 19.3. The van der Waals surface area contributed by atoms with Gasteiger partial charge < -0.3 is 14.8 Å². The molecule has 1 aliphatic heterocycles. The fraction of sp³-hybridized carbons (Fsp3) is 0.217. The Morgan fingerprint density at radius 3 is 2.76 bits per heavy atom. The fourth-order valence-corrected chi connectivity index (χ4v) is 3.59. The summed E-state index contributed by atoms with van der Waals surface area (Å²) in [6, 6.07) is 17.1. The number of para-hydroxylation sites is 1. The van der Waals surface area contributed by atoms with Crippen LogP contribution < -0.4 is 14.8 Å². The average molecular weight is 409 g/mol. The minimum absolute atomic E-state index is 0.0622. The molecule has 2 heterocycles. The molecule has 1 N–H and O–H groups in total. The van der Waals surface area contributed by atoms with Crippen molar-refractivity contribution in [2.45, 2.75) is 18.9 Å². The van der Waals surface area contributed by atoms with E-state index in [1.165, 1.54) is 0 Å². The van der Waals surface area contributed by atoms with E-state index < -0.39 is 0 Å².